The predicted molar refractivity (Wildman–Crippen MR) is 122 cm³/mol. The Bertz CT molecular complexity index is 1270. The molecular weight excluding hydrogens is 460 g/mol. The van der Waals surface area contributed by atoms with Crippen LogP contribution in [0.25, 0.3) is 21.9 Å². The highest BCUT2D eigenvalue weighted by molar-refractivity contribution is 7.85. The molecule has 0 atom stereocenters. The van der Waals surface area contributed by atoms with Crippen LogP contribution in [-0.2, 0) is 20.2 Å². The first-order valence-electron chi connectivity index (χ1n) is 8.58. The van der Waals surface area contributed by atoms with Crippen LogP contribution in [-0.4, -0.2) is 55.3 Å². The van der Waals surface area contributed by atoms with E-state index in [0.717, 1.165) is 21.9 Å². The number of pyridine rings is 1. The van der Waals surface area contributed by atoms with Crippen LogP contribution in [0.3, 0.4) is 0 Å². The molecule has 0 aliphatic heterocycles. The van der Waals surface area contributed by atoms with E-state index >= 15 is 0 Å². The summed E-state index contributed by atoms with van der Waals surface area (Å²) in [4.78, 5) is 16.1. The van der Waals surface area contributed by atoms with Gasteiger partial charge in [0.25, 0.3) is 26.1 Å². The summed E-state index contributed by atoms with van der Waals surface area (Å²) in [5.41, 5.74) is 7.61. The van der Waals surface area contributed by atoms with E-state index in [9.17, 15) is 21.6 Å². The lowest BCUT2D eigenvalue weighted by molar-refractivity contribution is 0.0976. The van der Waals surface area contributed by atoms with Crippen molar-refractivity contribution in [1.82, 2.24) is 10.3 Å². The minimum Gasteiger partial charge on any atom is -0.370 e. The van der Waals surface area contributed by atoms with Gasteiger partial charge in [-0.15, -0.1) is 0 Å². The summed E-state index contributed by atoms with van der Waals surface area (Å²) in [5.74, 6) is -0.761. The van der Waals surface area contributed by atoms with Crippen molar-refractivity contribution in [1.29, 1.82) is 5.41 Å². The van der Waals surface area contributed by atoms with Gasteiger partial charge in [-0.3, -0.25) is 29.6 Å². The number of nitrogens with one attached hydrogen (secondary N) is 2. The van der Waals surface area contributed by atoms with E-state index < -0.39 is 26.1 Å². The summed E-state index contributed by atoms with van der Waals surface area (Å²) in [5, 5.41) is 11.5. The molecule has 1 heterocycles. The number of guanidine groups is 1. The number of amides is 1. The van der Waals surface area contributed by atoms with Crippen molar-refractivity contribution in [2.45, 2.75) is 0 Å². The van der Waals surface area contributed by atoms with Crippen molar-refractivity contribution in [3.05, 3.63) is 66.5 Å². The molecule has 0 aliphatic carbocycles. The number of nitrogens with two attached hydrogens (primary N) is 1. The molecule has 6 N–H and O–H groups in total. The monoisotopic (exact) mass is 482 g/mol. The zero-order valence-corrected chi connectivity index (χ0v) is 18.7. The average molecular weight is 483 g/mol. The molecule has 3 rings (SSSR count). The van der Waals surface area contributed by atoms with E-state index in [1.165, 1.54) is 0 Å². The predicted octanol–water partition coefficient (Wildman–Crippen LogP) is 1.53. The zero-order chi connectivity index (χ0) is 24.5. The Morgan fingerprint density at radius 3 is 2.12 bits per heavy atom. The molecule has 0 unspecified atom stereocenters. The lowest BCUT2D eigenvalue weighted by atomic mass is 9.98. The van der Waals surface area contributed by atoms with E-state index in [1.807, 2.05) is 42.6 Å². The highest BCUT2D eigenvalue weighted by Crippen LogP contribution is 2.28. The van der Waals surface area contributed by atoms with E-state index in [4.69, 9.17) is 20.2 Å². The number of aromatic nitrogens is 1. The fourth-order valence-electron chi connectivity index (χ4n) is 2.40. The molecular formula is C19H22N4O7S2. The van der Waals surface area contributed by atoms with E-state index in [0.29, 0.717) is 18.1 Å². The van der Waals surface area contributed by atoms with Crippen molar-refractivity contribution >= 4 is 42.9 Å². The fraction of sp³-hybridized carbons (Fsp3) is 0.105. The molecule has 0 saturated carbocycles. The van der Waals surface area contributed by atoms with Gasteiger partial charge in [-0.25, -0.2) is 0 Å². The number of carbonyl (C=O) groups is 1. The molecule has 0 saturated heterocycles. The molecule has 1 aromatic heterocycles. The van der Waals surface area contributed by atoms with E-state index in [2.05, 4.69) is 10.3 Å². The molecule has 13 heteroatoms. The van der Waals surface area contributed by atoms with Gasteiger partial charge in [-0.1, -0.05) is 30.3 Å². The standard InChI is InChI=1S/C17H14N4O.2CH4O3S/c18-17(19)21-16(22)12-4-1-3-11(9-12)14-6-2-5-13-10-20-8-7-15(13)14;2*1-5(2,3)4/h1-10H,(H4,18,19,21,22);2*1H3,(H,2,3,4). The van der Waals surface area contributed by atoms with Crippen LogP contribution in [0.4, 0.5) is 0 Å². The van der Waals surface area contributed by atoms with Crippen LogP contribution in [0.2, 0.25) is 0 Å². The maximum atomic E-state index is 12.0. The maximum Gasteiger partial charge on any atom is 0.261 e. The van der Waals surface area contributed by atoms with Crippen LogP contribution >= 0.6 is 0 Å². The number of hydrogen-bond donors (Lipinski definition) is 5. The van der Waals surface area contributed by atoms with Crippen LogP contribution < -0.4 is 11.1 Å². The summed E-state index contributed by atoms with van der Waals surface area (Å²) in [6, 6.07) is 15.1. The van der Waals surface area contributed by atoms with Crippen molar-refractivity contribution in [2.24, 2.45) is 5.73 Å². The van der Waals surface area contributed by atoms with Gasteiger partial charge in [0.05, 0.1) is 12.5 Å². The normalized spacial score (nSPS) is 10.8. The maximum absolute atomic E-state index is 12.0. The Kier molecular flexibility index (Phi) is 9.40. The summed E-state index contributed by atoms with van der Waals surface area (Å²) >= 11 is 0. The van der Waals surface area contributed by atoms with Gasteiger partial charge in [-0.05, 0) is 34.7 Å². The fourth-order valence-corrected chi connectivity index (χ4v) is 2.40. The Balaban J connectivity index is 0.000000431. The van der Waals surface area contributed by atoms with Gasteiger partial charge in [0.15, 0.2) is 5.96 Å². The van der Waals surface area contributed by atoms with E-state index in [-0.39, 0.29) is 5.96 Å². The van der Waals surface area contributed by atoms with Crippen LogP contribution in [0, 0.1) is 5.41 Å². The third kappa shape index (κ3) is 11.1. The largest absolute Gasteiger partial charge is 0.370 e. The first-order valence-corrected chi connectivity index (χ1v) is 12.3. The molecule has 2 aromatic carbocycles. The summed E-state index contributed by atoms with van der Waals surface area (Å²) in [6.45, 7) is 0. The number of hydrogen-bond acceptors (Lipinski definition) is 7. The minimum atomic E-state index is -3.67. The molecule has 0 radical (unpaired) electrons. The van der Waals surface area contributed by atoms with Crippen molar-refractivity contribution < 1.29 is 30.7 Å². The molecule has 0 fully saturated rings. The quantitative estimate of drug-likeness (QED) is 0.204. The summed E-state index contributed by atoms with van der Waals surface area (Å²) in [6.07, 6.45) is 4.99. The SMILES string of the molecule is CS(=O)(=O)O.CS(=O)(=O)O.N=C(N)NC(=O)c1cccc(-c2cccc3cnccc23)c1. The third-order valence-electron chi connectivity index (χ3n) is 3.36. The highest BCUT2D eigenvalue weighted by Gasteiger charge is 2.09. The molecule has 0 bridgehead atoms. The number of rotatable bonds is 2. The molecule has 172 valence electrons. The molecule has 11 nitrogen and oxygen atoms in total. The Hall–Kier alpha value is -3.39. The highest BCUT2D eigenvalue weighted by atomic mass is 32.2. The van der Waals surface area contributed by atoms with Gasteiger partial charge < -0.3 is 5.73 Å². The van der Waals surface area contributed by atoms with Gasteiger partial charge in [-0.2, -0.15) is 16.8 Å². The second-order valence-corrected chi connectivity index (χ2v) is 9.25. The first kappa shape index (κ1) is 26.6. The third-order valence-corrected chi connectivity index (χ3v) is 3.36. The van der Waals surface area contributed by atoms with Gasteiger partial charge in [0, 0.05) is 23.3 Å². The van der Waals surface area contributed by atoms with Crippen molar-refractivity contribution in [2.75, 3.05) is 12.5 Å². The van der Waals surface area contributed by atoms with Crippen LogP contribution in [0.15, 0.2) is 60.9 Å². The Morgan fingerprint density at radius 1 is 1.00 bits per heavy atom. The van der Waals surface area contributed by atoms with Gasteiger partial charge in [0.2, 0.25) is 0 Å². The number of benzene rings is 2. The van der Waals surface area contributed by atoms with Crippen molar-refractivity contribution in [3.63, 3.8) is 0 Å². The van der Waals surface area contributed by atoms with E-state index in [1.54, 1.807) is 18.3 Å². The number of nitrogens with zero attached hydrogens (tertiary/aromatic N) is 1. The van der Waals surface area contributed by atoms with Gasteiger partial charge in [0.1, 0.15) is 0 Å². The lowest BCUT2D eigenvalue weighted by Gasteiger charge is -2.08. The summed E-state index contributed by atoms with van der Waals surface area (Å²) < 4.78 is 51.7. The average Bonchev–Trinajstić information content (AvgIpc) is 2.64. The molecule has 3 aromatic rings. The minimum absolute atomic E-state index is 0.369. The first-order chi connectivity index (χ1) is 14.6. The molecule has 1 amide bonds. The second-order valence-electron chi connectivity index (χ2n) is 6.32. The molecule has 0 aliphatic rings. The van der Waals surface area contributed by atoms with Crippen LogP contribution in [0.5, 0.6) is 0 Å². The smallest absolute Gasteiger partial charge is 0.261 e. The van der Waals surface area contributed by atoms with Crippen molar-refractivity contribution in [3.8, 4) is 11.1 Å². The second kappa shape index (κ2) is 11.3. The number of fused-ring (bicyclic) bond motifs is 1. The van der Waals surface area contributed by atoms with Crippen LogP contribution in [0.1, 0.15) is 10.4 Å². The Morgan fingerprint density at radius 2 is 1.56 bits per heavy atom. The number of carbonyl (C=O) groups excluding carboxylic acids is 1. The zero-order valence-electron chi connectivity index (χ0n) is 17.1. The molecule has 32 heavy (non-hydrogen) atoms. The summed E-state index contributed by atoms with van der Waals surface area (Å²) in [7, 11) is -7.33. The Labute approximate surface area is 185 Å². The van der Waals surface area contributed by atoms with Gasteiger partial charge >= 0.3 is 0 Å². The molecule has 0 spiro atoms. The lowest BCUT2D eigenvalue weighted by Crippen LogP contribution is -2.35. The topological polar surface area (TPSA) is 201 Å².